The Hall–Kier alpha value is -3.40. The maximum absolute atomic E-state index is 13.1. The zero-order valence-corrected chi connectivity index (χ0v) is 18.1. The lowest BCUT2D eigenvalue weighted by Gasteiger charge is -2.18. The summed E-state index contributed by atoms with van der Waals surface area (Å²) in [7, 11) is 2.85. The van der Waals surface area contributed by atoms with Crippen LogP contribution in [0.25, 0.3) is 5.69 Å². The molecule has 2 aromatic heterocycles. The fourth-order valence-electron chi connectivity index (χ4n) is 3.70. The number of carbonyl (C=O) groups is 2. The number of nitrogens with zero attached hydrogens (tertiary/aromatic N) is 1. The molecule has 1 aromatic carbocycles. The van der Waals surface area contributed by atoms with E-state index in [1.54, 1.807) is 31.4 Å². The Morgan fingerprint density at radius 3 is 2.68 bits per heavy atom. The predicted molar refractivity (Wildman–Crippen MR) is 112 cm³/mol. The van der Waals surface area contributed by atoms with E-state index in [1.165, 1.54) is 23.1 Å². The molecule has 1 atom stereocenters. The van der Waals surface area contributed by atoms with Gasteiger partial charge < -0.3 is 14.8 Å². The molecule has 3 aromatic rings. The fourth-order valence-corrected chi connectivity index (χ4v) is 5.09. The number of methoxy groups -OCH3 is 2. The Balaban J connectivity index is 1.70. The van der Waals surface area contributed by atoms with Crippen molar-refractivity contribution in [3.8, 4) is 11.4 Å². The van der Waals surface area contributed by atoms with E-state index in [0.717, 1.165) is 29.7 Å². The number of anilines is 1. The van der Waals surface area contributed by atoms with Crippen molar-refractivity contribution >= 4 is 28.2 Å². The number of fused-ring (bicyclic) bond motifs is 1. The van der Waals surface area contributed by atoms with Crippen molar-refractivity contribution in [2.24, 2.45) is 5.92 Å². The summed E-state index contributed by atoms with van der Waals surface area (Å²) >= 11 is 1.35. The monoisotopic (exact) mass is 444 g/mol. The number of esters is 1. The lowest BCUT2D eigenvalue weighted by atomic mass is 9.88. The fraction of sp³-hybridized carbons (Fsp3) is 0.333. The van der Waals surface area contributed by atoms with E-state index in [1.807, 2.05) is 0 Å². The van der Waals surface area contributed by atoms with Gasteiger partial charge in [-0.05, 0) is 52.8 Å². The predicted octanol–water partition coefficient (Wildman–Crippen LogP) is 2.48. The average molecular weight is 444 g/mol. The minimum atomic E-state index is -0.831. The van der Waals surface area contributed by atoms with Crippen molar-refractivity contribution in [3.63, 3.8) is 0 Å². The third-order valence-corrected chi connectivity index (χ3v) is 6.49. The van der Waals surface area contributed by atoms with E-state index in [2.05, 4.69) is 17.5 Å². The van der Waals surface area contributed by atoms with Crippen LogP contribution in [0.2, 0.25) is 0 Å². The second-order valence-corrected chi connectivity index (χ2v) is 8.47. The molecule has 1 aliphatic rings. The number of H-pyrrole nitrogens is 1. The molecule has 1 aliphatic carbocycles. The number of nitrogens with one attached hydrogen (secondary N) is 2. The van der Waals surface area contributed by atoms with Gasteiger partial charge in [-0.25, -0.2) is 9.59 Å². The molecule has 4 rings (SSSR count). The van der Waals surface area contributed by atoms with Crippen molar-refractivity contribution in [1.29, 1.82) is 0 Å². The summed E-state index contributed by atoms with van der Waals surface area (Å²) in [5.41, 5.74) is 0.695. The van der Waals surface area contributed by atoms with Crippen molar-refractivity contribution < 1.29 is 28.3 Å². The number of aromatic amines is 1. The van der Waals surface area contributed by atoms with Gasteiger partial charge in [-0.15, -0.1) is 11.3 Å². The smallest absolute Gasteiger partial charge is 0.441 e. The Morgan fingerprint density at radius 1 is 1.26 bits per heavy atom. The number of benzene rings is 1. The van der Waals surface area contributed by atoms with Crippen LogP contribution in [-0.4, -0.2) is 31.4 Å². The molecule has 0 saturated heterocycles. The highest BCUT2D eigenvalue weighted by Gasteiger charge is 2.34. The number of aromatic nitrogens is 2. The van der Waals surface area contributed by atoms with Gasteiger partial charge >= 0.3 is 23.2 Å². The first-order chi connectivity index (χ1) is 14.9. The first-order valence-corrected chi connectivity index (χ1v) is 10.6. The normalized spacial score (nSPS) is 15.3. The van der Waals surface area contributed by atoms with E-state index in [9.17, 15) is 14.4 Å². The van der Waals surface area contributed by atoms with Gasteiger partial charge in [0.2, 0.25) is 5.69 Å². The number of hydrogen-bond donors (Lipinski definition) is 2. The molecule has 0 fully saturated rings. The molecule has 162 valence electrons. The van der Waals surface area contributed by atoms with E-state index in [-0.39, 0.29) is 5.69 Å². The molecule has 1 unspecified atom stereocenters. The number of thiophene rings is 1. The zero-order chi connectivity index (χ0) is 22.1. The number of rotatable bonds is 5. The van der Waals surface area contributed by atoms with Gasteiger partial charge in [0.25, 0.3) is 0 Å². The van der Waals surface area contributed by atoms with Gasteiger partial charge in [0.05, 0.1) is 19.8 Å². The van der Waals surface area contributed by atoms with E-state index >= 15 is 0 Å². The summed E-state index contributed by atoms with van der Waals surface area (Å²) < 4.78 is 16.2. The van der Waals surface area contributed by atoms with Crippen molar-refractivity contribution in [2.75, 3.05) is 19.5 Å². The highest BCUT2D eigenvalue weighted by Crippen LogP contribution is 2.40. The van der Waals surface area contributed by atoms with E-state index in [0.29, 0.717) is 27.9 Å². The van der Waals surface area contributed by atoms with Gasteiger partial charge in [0, 0.05) is 17.0 Å². The average Bonchev–Trinajstić information content (AvgIpc) is 3.32. The Bertz CT molecular complexity index is 1190. The van der Waals surface area contributed by atoms with Crippen LogP contribution in [0.3, 0.4) is 0 Å². The van der Waals surface area contributed by atoms with Crippen LogP contribution in [0.1, 0.15) is 44.6 Å². The zero-order valence-electron chi connectivity index (χ0n) is 17.3. The van der Waals surface area contributed by atoms with Crippen LogP contribution in [0, 0.1) is 5.92 Å². The third kappa shape index (κ3) is 3.86. The molecule has 0 spiro atoms. The number of amides is 1. The summed E-state index contributed by atoms with van der Waals surface area (Å²) in [6.07, 6.45) is 2.53. The Morgan fingerprint density at radius 2 is 2.00 bits per heavy atom. The summed E-state index contributed by atoms with van der Waals surface area (Å²) in [5.74, 6) is -0.0782. The van der Waals surface area contributed by atoms with Crippen LogP contribution >= 0.6 is 11.3 Å². The summed E-state index contributed by atoms with van der Waals surface area (Å²) in [6, 6.07) is 6.73. The third-order valence-electron chi connectivity index (χ3n) is 5.32. The summed E-state index contributed by atoms with van der Waals surface area (Å²) in [6.45, 7) is 2.15. The van der Waals surface area contributed by atoms with Crippen molar-refractivity contribution in [1.82, 2.24) is 5.27 Å². The molecule has 31 heavy (non-hydrogen) atoms. The van der Waals surface area contributed by atoms with Gasteiger partial charge in [-0.2, -0.15) is 0 Å². The van der Waals surface area contributed by atoms with E-state index in [4.69, 9.17) is 14.0 Å². The maximum atomic E-state index is 13.1. The van der Waals surface area contributed by atoms with Gasteiger partial charge in [0.1, 0.15) is 10.8 Å². The topological polar surface area (TPSA) is 115 Å². The second-order valence-electron chi connectivity index (χ2n) is 7.36. The molecule has 9 nitrogen and oxygen atoms in total. The number of ether oxygens (including phenoxy) is 2. The molecule has 1 amide bonds. The van der Waals surface area contributed by atoms with E-state index < -0.39 is 17.5 Å². The van der Waals surface area contributed by atoms with Crippen LogP contribution in [0.4, 0.5) is 5.00 Å². The lowest BCUT2D eigenvalue weighted by Crippen LogP contribution is -2.42. The largest absolute Gasteiger partial charge is 0.497 e. The maximum Gasteiger partial charge on any atom is 0.441 e. The molecule has 10 heteroatoms. The van der Waals surface area contributed by atoms with Crippen LogP contribution in [0.5, 0.6) is 5.75 Å². The molecular weight excluding hydrogens is 422 g/mol. The van der Waals surface area contributed by atoms with Gasteiger partial charge in [-0.3, -0.25) is 9.32 Å². The standard InChI is InChI=1S/C21H21N3O6S/c1-11-4-9-14-15(10-11)31-19(16(14)20(26)29-3)22-18(25)17-21(27)30-23-24(17)12-5-7-13(28-2)8-6-12/h5-8,11H,4,9-10H2,1-3H3,(H-,22,23,25,26,27)/p+1. The molecule has 0 saturated carbocycles. The minimum Gasteiger partial charge on any atom is -0.497 e. The first-order valence-electron chi connectivity index (χ1n) is 9.75. The van der Waals surface area contributed by atoms with Crippen molar-refractivity contribution in [3.05, 3.63) is 56.4 Å². The highest BCUT2D eigenvalue weighted by atomic mass is 32.1. The molecule has 0 radical (unpaired) electrons. The lowest BCUT2D eigenvalue weighted by molar-refractivity contribution is -0.672. The van der Waals surface area contributed by atoms with Gasteiger partial charge in [-0.1, -0.05) is 6.92 Å². The highest BCUT2D eigenvalue weighted by molar-refractivity contribution is 7.17. The Kier molecular flexibility index (Phi) is 5.64. The van der Waals surface area contributed by atoms with Crippen LogP contribution in [-0.2, 0) is 17.6 Å². The molecule has 0 aliphatic heterocycles. The van der Waals surface area contributed by atoms with Crippen molar-refractivity contribution in [2.45, 2.75) is 26.2 Å². The molecule has 2 N–H and O–H groups in total. The molecular formula is C21H22N3O6S+. The minimum absolute atomic E-state index is 0.249. The number of hydrogen-bond acceptors (Lipinski definition) is 7. The molecule has 2 heterocycles. The Labute approximate surface area is 181 Å². The summed E-state index contributed by atoms with van der Waals surface area (Å²) in [5, 5.41) is 5.54. The van der Waals surface area contributed by atoms with Crippen LogP contribution in [0.15, 0.2) is 33.6 Å². The quantitative estimate of drug-likeness (QED) is 0.462. The number of carbonyl (C=O) groups excluding carboxylic acids is 2. The van der Waals surface area contributed by atoms with Crippen LogP contribution < -0.4 is 20.4 Å². The second kappa shape index (κ2) is 8.38. The van der Waals surface area contributed by atoms with Gasteiger partial charge in [0.15, 0.2) is 0 Å². The first kappa shape index (κ1) is 20.9. The molecule has 0 bridgehead atoms. The SMILES string of the molecule is COC(=O)c1c(NC(=O)c2c(=O)o[nH][n+]2-c2ccc(OC)cc2)sc2c1CCC(C)C2. The summed E-state index contributed by atoms with van der Waals surface area (Å²) in [4.78, 5) is 38.9.